The molecule has 110 valence electrons. The summed E-state index contributed by atoms with van der Waals surface area (Å²) >= 11 is 0. The van der Waals surface area contributed by atoms with Gasteiger partial charge in [-0.05, 0) is 30.7 Å². The van der Waals surface area contributed by atoms with Crippen LogP contribution in [0.5, 0.6) is 0 Å². The SMILES string of the molecule is CC1c2cccn2CCN1CC(=O)NCc1cccnc1. The van der Waals surface area contributed by atoms with Gasteiger partial charge < -0.3 is 9.88 Å². The van der Waals surface area contributed by atoms with E-state index in [1.165, 1.54) is 5.69 Å². The quantitative estimate of drug-likeness (QED) is 0.927. The van der Waals surface area contributed by atoms with Gasteiger partial charge in [0.1, 0.15) is 0 Å². The van der Waals surface area contributed by atoms with Crippen LogP contribution in [0.4, 0.5) is 0 Å². The van der Waals surface area contributed by atoms with Gasteiger partial charge in [0, 0.05) is 50.0 Å². The molecule has 1 amide bonds. The van der Waals surface area contributed by atoms with Crippen LogP contribution in [0.15, 0.2) is 42.9 Å². The molecule has 0 saturated heterocycles. The third kappa shape index (κ3) is 3.13. The molecule has 1 unspecified atom stereocenters. The molecule has 0 bridgehead atoms. The number of pyridine rings is 1. The second-order valence-electron chi connectivity index (χ2n) is 5.41. The molecule has 0 fully saturated rings. The van der Waals surface area contributed by atoms with E-state index in [4.69, 9.17) is 0 Å². The van der Waals surface area contributed by atoms with Crippen molar-refractivity contribution < 1.29 is 4.79 Å². The van der Waals surface area contributed by atoms with E-state index in [0.29, 0.717) is 13.1 Å². The lowest BCUT2D eigenvalue weighted by molar-refractivity contribution is -0.123. The predicted octanol–water partition coefficient (Wildman–Crippen LogP) is 1.58. The van der Waals surface area contributed by atoms with Gasteiger partial charge in [-0.1, -0.05) is 6.07 Å². The highest BCUT2D eigenvalue weighted by atomic mass is 16.2. The molecule has 5 heteroatoms. The van der Waals surface area contributed by atoms with Crippen molar-refractivity contribution in [1.29, 1.82) is 0 Å². The zero-order valence-corrected chi connectivity index (χ0v) is 12.2. The molecular formula is C16H20N4O. The van der Waals surface area contributed by atoms with Gasteiger partial charge in [0.2, 0.25) is 5.91 Å². The normalized spacial score (nSPS) is 18.2. The van der Waals surface area contributed by atoms with E-state index >= 15 is 0 Å². The van der Waals surface area contributed by atoms with Crippen molar-refractivity contribution in [3.8, 4) is 0 Å². The van der Waals surface area contributed by atoms with Crippen LogP contribution in [0.2, 0.25) is 0 Å². The number of carbonyl (C=O) groups is 1. The lowest BCUT2D eigenvalue weighted by Crippen LogP contribution is -2.42. The Kier molecular flexibility index (Phi) is 4.01. The van der Waals surface area contributed by atoms with Gasteiger partial charge in [-0.3, -0.25) is 14.7 Å². The maximum Gasteiger partial charge on any atom is 0.234 e. The highest BCUT2D eigenvalue weighted by molar-refractivity contribution is 5.78. The zero-order chi connectivity index (χ0) is 14.7. The topological polar surface area (TPSA) is 50.2 Å². The Balaban J connectivity index is 1.54. The van der Waals surface area contributed by atoms with Crippen LogP contribution in [0.1, 0.15) is 24.2 Å². The molecule has 21 heavy (non-hydrogen) atoms. The minimum atomic E-state index is 0.0608. The zero-order valence-electron chi connectivity index (χ0n) is 12.2. The standard InChI is InChI=1S/C16H20N4O/c1-13-15-5-3-7-19(15)8-9-20(13)12-16(21)18-11-14-4-2-6-17-10-14/h2-7,10,13H,8-9,11-12H2,1H3,(H,18,21). The molecule has 1 atom stereocenters. The van der Waals surface area contributed by atoms with Gasteiger partial charge in [-0.2, -0.15) is 0 Å². The van der Waals surface area contributed by atoms with Crippen LogP contribution in [0, 0.1) is 0 Å². The lowest BCUT2D eigenvalue weighted by Gasteiger charge is -2.34. The fraction of sp³-hybridized carbons (Fsp3) is 0.375. The number of carbonyl (C=O) groups excluding carboxylic acids is 1. The third-order valence-corrected chi connectivity index (χ3v) is 4.03. The van der Waals surface area contributed by atoms with E-state index in [9.17, 15) is 4.79 Å². The van der Waals surface area contributed by atoms with E-state index < -0.39 is 0 Å². The average Bonchev–Trinajstić information content (AvgIpc) is 2.98. The predicted molar refractivity (Wildman–Crippen MR) is 80.5 cm³/mol. The van der Waals surface area contributed by atoms with Crippen molar-refractivity contribution in [3.05, 3.63) is 54.1 Å². The van der Waals surface area contributed by atoms with Gasteiger partial charge in [-0.25, -0.2) is 0 Å². The molecule has 0 saturated carbocycles. The van der Waals surface area contributed by atoms with E-state index in [1.54, 1.807) is 12.4 Å². The maximum absolute atomic E-state index is 12.1. The van der Waals surface area contributed by atoms with E-state index in [-0.39, 0.29) is 11.9 Å². The molecule has 2 aromatic heterocycles. The number of fused-ring (bicyclic) bond motifs is 1. The fourth-order valence-electron chi connectivity index (χ4n) is 2.79. The van der Waals surface area contributed by atoms with E-state index in [0.717, 1.165) is 18.7 Å². The summed E-state index contributed by atoms with van der Waals surface area (Å²) < 4.78 is 2.26. The summed E-state index contributed by atoms with van der Waals surface area (Å²) in [5, 5.41) is 2.96. The first-order valence-electron chi connectivity index (χ1n) is 7.29. The molecule has 5 nitrogen and oxygen atoms in total. The van der Waals surface area contributed by atoms with Crippen LogP contribution < -0.4 is 5.32 Å². The van der Waals surface area contributed by atoms with Crippen LogP contribution in [-0.2, 0) is 17.9 Å². The summed E-state index contributed by atoms with van der Waals surface area (Å²) in [6.45, 7) is 4.98. The third-order valence-electron chi connectivity index (χ3n) is 4.03. The summed E-state index contributed by atoms with van der Waals surface area (Å²) in [6.07, 6.45) is 5.61. The molecule has 1 aliphatic rings. The van der Waals surface area contributed by atoms with Crippen molar-refractivity contribution in [2.45, 2.75) is 26.1 Å². The van der Waals surface area contributed by atoms with Crippen molar-refractivity contribution in [2.24, 2.45) is 0 Å². The minimum Gasteiger partial charge on any atom is -0.351 e. The van der Waals surface area contributed by atoms with E-state index in [1.807, 2.05) is 12.1 Å². The highest BCUT2D eigenvalue weighted by Gasteiger charge is 2.24. The Morgan fingerprint density at radius 1 is 1.38 bits per heavy atom. The van der Waals surface area contributed by atoms with Gasteiger partial charge in [-0.15, -0.1) is 0 Å². The Morgan fingerprint density at radius 2 is 2.29 bits per heavy atom. The molecule has 1 aliphatic heterocycles. The second-order valence-corrected chi connectivity index (χ2v) is 5.41. The highest BCUT2D eigenvalue weighted by Crippen LogP contribution is 2.24. The summed E-state index contributed by atoms with van der Waals surface area (Å²) in [5.41, 5.74) is 2.30. The molecule has 0 radical (unpaired) electrons. The number of amides is 1. The van der Waals surface area contributed by atoms with Gasteiger partial charge >= 0.3 is 0 Å². The number of aromatic nitrogens is 2. The lowest BCUT2D eigenvalue weighted by atomic mass is 10.1. The number of nitrogens with zero attached hydrogens (tertiary/aromatic N) is 3. The minimum absolute atomic E-state index is 0.0608. The monoisotopic (exact) mass is 284 g/mol. The van der Waals surface area contributed by atoms with Crippen molar-refractivity contribution in [3.63, 3.8) is 0 Å². The Labute approximate surface area is 124 Å². The molecule has 3 heterocycles. The Hall–Kier alpha value is -2.14. The number of hydrogen-bond donors (Lipinski definition) is 1. The smallest absolute Gasteiger partial charge is 0.234 e. The summed E-state index contributed by atoms with van der Waals surface area (Å²) in [5.74, 6) is 0.0608. The molecule has 0 aromatic carbocycles. The first-order valence-corrected chi connectivity index (χ1v) is 7.29. The van der Waals surface area contributed by atoms with Crippen molar-refractivity contribution in [2.75, 3.05) is 13.1 Å². The first kappa shape index (κ1) is 13.8. The van der Waals surface area contributed by atoms with E-state index in [2.05, 4.69) is 45.0 Å². The summed E-state index contributed by atoms with van der Waals surface area (Å²) in [4.78, 5) is 18.4. The van der Waals surface area contributed by atoms with Crippen molar-refractivity contribution >= 4 is 5.91 Å². The molecule has 3 rings (SSSR count). The Morgan fingerprint density at radius 3 is 3.10 bits per heavy atom. The number of rotatable bonds is 4. The second kappa shape index (κ2) is 6.10. The summed E-state index contributed by atoms with van der Waals surface area (Å²) in [7, 11) is 0. The van der Waals surface area contributed by atoms with Crippen molar-refractivity contribution in [1.82, 2.24) is 19.8 Å². The molecule has 2 aromatic rings. The van der Waals surface area contributed by atoms with Crippen LogP contribution in [-0.4, -0.2) is 33.4 Å². The van der Waals surface area contributed by atoms with Gasteiger partial charge in [0.25, 0.3) is 0 Å². The number of nitrogens with one attached hydrogen (secondary N) is 1. The average molecular weight is 284 g/mol. The van der Waals surface area contributed by atoms with Crippen LogP contribution in [0.3, 0.4) is 0 Å². The Bertz CT molecular complexity index is 608. The molecule has 1 N–H and O–H groups in total. The van der Waals surface area contributed by atoms with Crippen LogP contribution >= 0.6 is 0 Å². The molecular weight excluding hydrogens is 264 g/mol. The fourth-order valence-corrected chi connectivity index (χ4v) is 2.79. The maximum atomic E-state index is 12.1. The van der Waals surface area contributed by atoms with Gasteiger partial charge in [0.15, 0.2) is 0 Å². The molecule has 0 aliphatic carbocycles. The number of hydrogen-bond acceptors (Lipinski definition) is 3. The summed E-state index contributed by atoms with van der Waals surface area (Å²) in [6, 6.07) is 8.31. The molecule has 0 spiro atoms. The van der Waals surface area contributed by atoms with Crippen LogP contribution in [0.25, 0.3) is 0 Å². The van der Waals surface area contributed by atoms with Gasteiger partial charge in [0.05, 0.1) is 6.54 Å². The largest absolute Gasteiger partial charge is 0.351 e. The first-order chi connectivity index (χ1) is 10.2.